The molecular weight excluding hydrogens is 184 g/mol. The zero-order chi connectivity index (χ0) is 9.14. The first-order chi connectivity index (χ1) is 5.65. The Kier molecular flexibility index (Phi) is 2.54. The second-order valence-corrected chi connectivity index (χ2v) is 2.44. The monoisotopic (exact) mass is 190 g/mol. The number of carbonyl (C=O) groups is 1. The number of hydrogen-bond donors (Lipinski definition) is 1. The van der Waals surface area contributed by atoms with Gasteiger partial charge in [0.05, 0.1) is 13.5 Å². The zero-order valence-electron chi connectivity index (χ0n) is 6.33. The molecule has 1 rings (SSSR count). The van der Waals surface area contributed by atoms with Crippen molar-refractivity contribution in [1.82, 2.24) is 5.16 Å². The second-order valence-electron chi connectivity index (χ2n) is 2.06. The molecule has 0 radical (unpaired) electrons. The van der Waals surface area contributed by atoms with Gasteiger partial charge in [0.1, 0.15) is 10.7 Å². The lowest BCUT2D eigenvalue weighted by atomic mass is 10.3. The van der Waals surface area contributed by atoms with Crippen molar-refractivity contribution < 1.29 is 14.1 Å². The Hall–Kier alpha value is -1.23. The summed E-state index contributed by atoms with van der Waals surface area (Å²) in [7, 11) is 1.28. The number of ether oxygens (including phenoxy) is 1. The number of halogens is 1. The van der Waals surface area contributed by atoms with Crippen LogP contribution in [0, 0.1) is 0 Å². The van der Waals surface area contributed by atoms with Gasteiger partial charge >= 0.3 is 5.97 Å². The number of carbonyl (C=O) groups excluding carboxylic acids is 1. The predicted octanol–water partition coefficient (Wildman–Crippen LogP) is 0.626. The summed E-state index contributed by atoms with van der Waals surface area (Å²) in [5.41, 5.74) is 5.54. The van der Waals surface area contributed by atoms with E-state index in [4.69, 9.17) is 17.3 Å². The van der Waals surface area contributed by atoms with E-state index in [0.717, 1.165) is 0 Å². The summed E-state index contributed by atoms with van der Waals surface area (Å²) in [6.07, 6.45) is -0.0317. The highest BCUT2D eigenvalue weighted by molar-refractivity contribution is 6.33. The normalized spacial score (nSPS) is 9.83. The van der Waals surface area contributed by atoms with Crippen molar-refractivity contribution >= 4 is 23.5 Å². The molecule has 0 aliphatic rings. The first kappa shape index (κ1) is 8.86. The van der Waals surface area contributed by atoms with Crippen LogP contribution in [0.15, 0.2) is 4.52 Å². The molecule has 1 heterocycles. The topological polar surface area (TPSA) is 78.3 Å². The predicted molar refractivity (Wildman–Crippen MR) is 41.6 cm³/mol. The van der Waals surface area contributed by atoms with Gasteiger partial charge in [0, 0.05) is 0 Å². The molecule has 66 valence electrons. The van der Waals surface area contributed by atoms with E-state index in [1.54, 1.807) is 0 Å². The minimum absolute atomic E-state index is 0.00979. The summed E-state index contributed by atoms with van der Waals surface area (Å²) >= 11 is 5.62. The van der Waals surface area contributed by atoms with E-state index in [1.807, 2.05) is 0 Å². The van der Waals surface area contributed by atoms with Crippen molar-refractivity contribution in [1.29, 1.82) is 0 Å². The highest BCUT2D eigenvalue weighted by Gasteiger charge is 2.14. The fourth-order valence-electron chi connectivity index (χ4n) is 0.645. The summed E-state index contributed by atoms with van der Waals surface area (Å²) in [6, 6.07) is 0. The summed E-state index contributed by atoms with van der Waals surface area (Å²) in [5, 5.41) is 3.64. The van der Waals surface area contributed by atoms with Gasteiger partial charge in [-0.05, 0) is 0 Å². The Morgan fingerprint density at radius 1 is 1.83 bits per heavy atom. The third kappa shape index (κ3) is 1.68. The SMILES string of the molecule is COC(=O)Cc1noc(N)c1Cl. The van der Waals surface area contributed by atoms with Crippen LogP contribution in [0.3, 0.4) is 0 Å². The smallest absolute Gasteiger partial charge is 0.311 e. The maximum Gasteiger partial charge on any atom is 0.311 e. The average molecular weight is 191 g/mol. The zero-order valence-corrected chi connectivity index (χ0v) is 7.09. The lowest BCUT2D eigenvalue weighted by molar-refractivity contribution is -0.139. The molecule has 1 aromatic heterocycles. The van der Waals surface area contributed by atoms with Crippen LogP contribution in [0.4, 0.5) is 5.88 Å². The van der Waals surface area contributed by atoms with Crippen LogP contribution in [0.1, 0.15) is 5.69 Å². The molecule has 0 aromatic carbocycles. The van der Waals surface area contributed by atoms with Crippen molar-refractivity contribution in [3.63, 3.8) is 0 Å². The Morgan fingerprint density at radius 3 is 2.92 bits per heavy atom. The number of nitrogens with two attached hydrogens (primary N) is 1. The molecule has 0 saturated carbocycles. The number of methoxy groups -OCH3 is 1. The quantitative estimate of drug-likeness (QED) is 0.692. The number of nitrogens with zero attached hydrogens (tertiary/aromatic N) is 1. The molecule has 0 aliphatic carbocycles. The summed E-state index contributed by atoms with van der Waals surface area (Å²) in [6.45, 7) is 0. The van der Waals surface area contributed by atoms with Gasteiger partial charge in [-0.15, -0.1) is 0 Å². The summed E-state index contributed by atoms with van der Waals surface area (Å²) in [4.78, 5) is 10.7. The number of anilines is 1. The molecule has 0 spiro atoms. The number of hydrogen-bond acceptors (Lipinski definition) is 5. The van der Waals surface area contributed by atoms with Crippen LogP contribution < -0.4 is 5.73 Å². The largest absolute Gasteiger partial charge is 0.469 e. The van der Waals surface area contributed by atoms with Crippen molar-refractivity contribution in [2.75, 3.05) is 12.8 Å². The van der Waals surface area contributed by atoms with Gasteiger partial charge in [0.15, 0.2) is 0 Å². The van der Waals surface area contributed by atoms with Gasteiger partial charge in [-0.1, -0.05) is 16.8 Å². The third-order valence-electron chi connectivity index (χ3n) is 1.26. The van der Waals surface area contributed by atoms with Crippen molar-refractivity contribution in [2.24, 2.45) is 0 Å². The van der Waals surface area contributed by atoms with E-state index in [1.165, 1.54) is 7.11 Å². The lowest BCUT2D eigenvalue weighted by Crippen LogP contribution is -2.04. The molecule has 6 heteroatoms. The molecule has 5 nitrogen and oxygen atoms in total. The van der Waals surface area contributed by atoms with Crippen molar-refractivity contribution in [2.45, 2.75) is 6.42 Å². The van der Waals surface area contributed by atoms with E-state index in [-0.39, 0.29) is 17.3 Å². The first-order valence-electron chi connectivity index (χ1n) is 3.11. The average Bonchev–Trinajstić information content (AvgIpc) is 2.36. The fraction of sp³-hybridized carbons (Fsp3) is 0.333. The highest BCUT2D eigenvalue weighted by Crippen LogP contribution is 2.22. The Labute approximate surface area is 73.4 Å². The molecule has 0 unspecified atom stereocenters. The first-order valence-corrected chi connectivity index (χ1v) is 3.49. The molecule has 0 aliphatic heterocycles. The van der Waals surface area contributed by atoms with Gasteiger partial charge < -0.3 is 15.0 Å². The van der Waals surface area contributed by atoms with Crippen LogP contribution in [0.25, 0.3) is 0 Å². The molecule has 1 aromatic rings. The van der Waals surface area contributed by atoms with Crippen molar-refractivity contribution in [3.05, 3.63) is 10.7 Å². The van der Waals surface area contributed by atoms with Gasteiger partial charge in [-0.25, -0.2) is 0 Å². The van der Waals surface area contributed by atoms with Crippen LogP contribution in [0.5, 0.6) is 0 Å². The van der Waals surface area contributed by atoms with E-state index in [0.29, 0.717) is 5.69 Å². The standard InChI is InChI=1S/C6H7ClN2O3/c1-11-4(10)2-3-5(7)6(8)12-9-3/h2,8H2,1H3. The molecule has 0 atom stereocenters. The number of rotatable bonds is 2. The summed E-state index contributed by atoms with van der Waals surface area (Å²) < 4.78 is 8.93. The fourth-order valence-corrected chi connectivity index (χ4v) is 0.781. The van der Waals surface area contributed by atoms with Crippen LogP contribution in [-0.2, 0) is 16.0 Å². The summed E-state index contributed by atoms with van der Waals surface area (Å²) in [5.74, 6) is -0.430. The lowest BCUT2D eigenvalue weighted by Gasteiger charge is -1.93. The van der Waals surface area contributed by atoms with Crippen molar-refractivity contribution in [3.8, 4) is 0 Å². The highest BCUT2D eigenvalue weighted by atomic mass is 35.5. The van der Waals surface area contributed by atoms with Gasteiger partial charge in [0.2, 0.25) is 5.88 Å². The molecule has 0 fully saturated rings. The molecule has 0 bridgehead atoms. The minimum atomic E-state index is -0.440. The maximum absolute atomic E-state index is 10.7. The van der Waals surface area contributed by atoms with Crippen LogP contribution in [0.2, 0.25) is 5.02 Å². The van der Waals surface area contributed by atoms with E-state index < -0.39 is 5.97 Å². The van der Waals surface area contributed by atoms with E-state index in [2.05, 4.69) is 14.4 Å². The van der Waals surface area contributed by atoms with Gasteiger partial charge in [-0.3, -0.25) is 4.79 Å². The van der Waals surface area contributed by atoms with E-state index >= 15 is 0 Å². The van der Waals surface area contributed by atoms with Crippen LogP contribution >= 0.6 is 11.6 Å². The third-order valence-corrected chi connectivity index (χ3v) is 1.67. The van der Waals surface area contributed by atoms with Gasteiger partial charge in [0.25, 0.3) is 0 Å². The molecule has 0 saturated heterocycles. The Balaban J connectivity index is 2.76. The number of nitrogen functional groups attached to an aromatic ring is 1. The van der Waals surface area contributed by atoms with Crippen LogP contribution in [-0.4, -0.2) is 18.2 Å². The molecule has 12 heavy (non-hydrogen) atoms. The molecular formula is C6H7ClN2O3. The number of esters is 1. The van der Waals surface area contributed by atoms with Gasteiger partial charge in [-0.2, -0.15) is 0 Å². The Morgan fingerprint density at radius 2 is 2.50 bits per heavy atom. The molecule has 2 N–H and O–H groups in total. The molecule has 0 amide bonds. The second kappa shape index (κ2) is 3.44. The van der Waals surface area contributed by atoms with E-state index in [9.17, 15) is 4.79 Å². The number of aromatic nitrogens is 1. The minimum Gasteiger partial charge on any atom is -0.469 e. The maximum atomic E-state index is 10.7. The Bertz CT molecular complexity index is 297.